The predicted molar refractivity (Wildman–Crippen MR) is 197 cm³/mol. The van der Waals surface area contributed by atoms with Crippen LogP contribution in [-0.4, -0.2) is 91.2 Å². The van der Waals surface area contributed by atoms with E-state index in [1.165, 1.54) is 24.8 Å². The highest BCUT2D eigenvalue weighted by Gasteiger charge is 2.31. The van der Waals surface area contributed by atoms with Crippen molar-refractivity contribution in [2.45, 2.75) is 34.7 Å². The number of phenols is 1. The molecule has 0 aliphatic heterocycles. The molecular formula is C36H42N2O12S2. The van der Waals surface area contributed by atoms with Crippen LogP contribution < -0.4 is 10.1 Å². The number of ether oxygens (including phenoxy) is 5. The van der Waals surface area contributed by atoms with E-state index in [0.717, 1.165) is 29.2 Å². The molecular weight excluding hydrogens is 717 g/mol. The Morgan fingerprint density at radius 1 is 0.712 bits per heavy atom. The molecule has 0 saturated carbocycles. The van der Waals surface area contributed by atoms with Gasteiger partial charge >= 0.3 is 30.0 Å². The van der Waals surface area contributed by atoms with Crippen molar-refractivity contribution in [3.8, 4) is 11.5 Å². The number of amides is 1. The summed E-state index contributed by atoms with van der Waals surface area (Å²) < 4.78 is 24.6. The lowest BCUT2D eigenvalue weighted by atomic mass is 10.1. The number of nitrogens with zero attached hydrogens (tertiary/aromatic N) is 1. The minimum Gasteiger partial charge on any atom is -0.508 e. The van der Waals surface area contributed by atoms with E-state index in [1.54, 1.807) is 47.8 Å². The molecule has 0 aliphatic carbocycles. The zero-order valence-electron chi connectivity index (χ0n) is 29.3. The predicted octanol–water partition coefficient (Wildman–Crippen LogP) is 5.37. The van der Waals surface area contributed by atoms with Gasteiger partial charge in [0.15, 0.2) is 0 Å². The second kappa shape index (κ2) is 25.4. The van der Waals surface area contributed by atoms with Crippen LogP contribution in [0.25, 0.3) is 0 Å². The number of rotatable bonds is 17. The molecule has 280 valence electrons. The van der Waals surface area contributed by atoms with Gasteiger partial charge in [-0.15, -0.1) is 23.5 Å². The molecule has 2 aromatic carbocycles. The summed E-state index contributed by atoms with van der Waals surface area (Å²) in [5.41, 5.74) is -2.37. The van der Waals surface area contributed by atoms with Crippen LogP contribution >= 0.6 is 23.5 Å². The fourth-order valence-electron chi connectivity index (χ4n) is 3.08. The number of benzene rings is 2. The van der Waals surface area contributed by atoms with Crippen molar-refractivity contribution < 1.29 is 57.6 Å². The van der Waals surface area contributed by atoms with Crippen molar-refractivity contribution in [2.24, 2.45) is 4.99 Å². The fraction of sp³-hybridized carbons (Fsp3) is 0.278. The molecule has 0 heterocycles. The molecule has 2 N–H and O–H groups in total. The summed E-state index contributed by atoms with van der Waals surface area (Å²) in [4.78, 5) is 72.3. The lowest BCUT2D eigenvalue weighted by molar-refractivity contribution is -0.145. The number of nitrogens with one attached hydrogen (secondary N) is 1. The number of hydrogen-bond donors (Lipinski definition) is 2. The summed E-state index contributed by atoms with van der Waals surface area (Å²) in [6.07, 6.45) is 8.41. The number of aliphatic imine (C=N–C) groups is 1. The Labute approximate surface area is 311 Å². The van der Waals surface area contributed by atoms with Gasteiger partial charge in [0.25, 0.3) is 0 Å². The SMILES string of the molecule is C=CC(=O)OCC(C)(COC(=O)C=C)N=C=O.C=CC(=O)OCC(C)(COC(=O)C=C)NC(=O)Oc1ccc(SC)cc1.CSc1ccc(O)cc1. The van der Waals surface area contributed by atoms with Crippen molar-refractivity contribution in [2.75, 3.05) is 38.9 Å². The van der Waals surface area contributed by atoms with Crippen LogP contribution in [0.5, 0.6) is 11.5 Å². The van der Waals surface area contributed by atoms with Gasteiger partial charge in [-0.1, -0.05) is 26.3 Å². The Hall–Kier alpha value is -5.57. The highest BCUT2D eigenvalue weighted by Crippen LogP contribution is 2.20. The Kier molecular flexibility index (Phi) is 22.7. The van der Waals surface area contributed by atoms with E-state index in [9.17, 15) is 28.8 Å². The summed E-state index contributed by atoms with van der Waals surface area (Å²) >= 11 is 3.23. The zero-order valence-corrected chi connectivity index (χ0v) is 30.9. The molecule has 0 aromatic heterocycles. The molecule has 0 spiro atoms. The smallest absolute Gasteiger partial charge is 0.413 e. The molecule has 16 heteroatoms. The van der Waals surface area contributed by atoms with Crippen molar-refractivity contribution in [3.63, 3.8) is 0 Å². The molecule has 0 unspecified atom stereocenters. The number of hydrogen-bond acceptors (Lipinski definition) is 15. The summed E-state index contributed by atoms with van der Waals surface area (Å²) in [7, 11) is 0. The summed E-state index contributed by atoms with van der Waals surface area (Å²) in [6.45, 7) is 15.1. The number of esters is 4. The van der Waals surface area contributed by atoms with Crippen LogP contribution in [0.2, 0.25) is 0 Å². The standard InChI is InChI=1S/C18H21NO6S.C11H13NO5.C7H8OS/c1-5-15(20)23-11-18(3,12-24-16(21)6-2)19-17(22)25-13-7-9-14(26-4)10-8-13;1-4-9(14)16-6-11(3,12-8-13)7-17-10(15)5-2;1-9-7-4-2-6(8)3-5-7/h5-10H,1-2,11-12H2,3-4H3,(H,19,22);4-5H,1-2,6-7H2,3H3;2-5,8H,1H3. The molecule has 0 aliphatic rings. The molecule has 14 nitrogen and oxygen atoms in total. The molecule has 0 fully saturated rings. The van der Waals surface area contributed by atoms with Gasteiger partial charge in [-0.2, -0.15) is 4.99 Å². The number of thioether (sulfide) groups is 2. The first-order valence-corrected chi connectivity index (χ1v) is 17.3. The van der Waals surface area contributed by atoms with E-state index in [1.807, 2.05) is 36.8 Å². The van der Waals surface area contributed by atoms with E-state index >= 15 is 0 Å². The first kappa shape index (κ1) is 46.4. The van der Waals surface area contributed by atoms with Crippen LogP contribution in [0.15, 0.2) is 114 Å². The van der Waals surface area contributed by atoms with Crippen LogP contribution in [-0.2, 0) is 42.9 Å². The monoisotopic (exact) mass is 758 g/mol. The van der Waals surface area contributed by atoms with E-state index in [2.05, 4.69) is 36.6 Å². The minimum absolute atomic E-state index is 0.225. The average Bonchev–Trinajstić information content (AvgIpc) is 3.15. The quantitative estimate of drug-likeness (QED) is 0.0522. The van der Waals surface area contributed by atoms with Crippen LogP contribution in [0, 0.1) is 0 Å². The molecule has 52 heavy (non-hydrogen) atoms. The first-order valence-electron chi connectivity index (χ1n) is 14.8. The van der Waals surface area contributed by atoms with Crippen molar-refractivity contribution in [1.82, 2.24) is 5.32 Å². The number of carbonyl (C=O) groups excluding carboxylic acids is 6. The second-order valence-electron chi connectivity index (χ2n) is 10.4. The zero-order chi connectivity index (χ0) is 39.6. The van der Waals surface area contributed by atoms with Crippen LogP contribution in [0.1, 0.15) is 13.8 Å². The minimum atomic E-state index is -1.20. The molecule has 2 aromatic rings. The molecule has 0 saturated heterocycles. The molecule has 0 radical (unpaired) electrons. The largest absolute Gasteiger partial charge is 0.508 e. The summed E-state index contributed by atoms with van der Waals surface area (Å²) in [6, 6.07) is 14.1. The summed E-state index contributed by atoms with van der Waals surface area (Å²) in [5.74, 6) is -2.00. The van der Waals surface area contributed by atoms with Crippen molar-refractivity contribution in [3.05, 3.63) is 99.2 Å². The fourth-order valence-corrected chi connectivity index (χ4v) is 3.90. The molecule has 0 atom stereocenters. The third-order valence-electron chi connectivity index (χ3n) is 5.85. The Bertz CT molecular complexity index is 1520. The highest BCUT2D eigenvalue weighted by molar-refractivity contribution is 7.98. The molecule has 0 bridgehead atoms. The van der Waals surface area contributed by atoms with Gasteiger partial charge in [0.05, 0.1) is 0 Å². The van der Waals surface area contributed by atoms with Gasteiger partial charge in [-0.25, -0.2) is 28.8 Å². The number of aromatic hydroxyl groups is 1. The van der Waals surface area contributed by atoms with Gasteiger partial charge in [-0.3, -0.25) is 0 Å². The molecule has 1 amide bonds. The maximum absolute atomic E-state index is 12.2. The molecule has 2 rings (SSSR count). The van der Waals surface area contributed by atoms with Gasteiger partial charge in [0, 0.05) is 34.1 Å². The lowest BCUT2D eigenvalue weighted by Gasteiger charge is -2.28. The van der Waals surface area contributed by atoms with E-state index in [4.69, 9.17) is 28.8 Å². The maximum atomic E-state index is 12.2. The third kappa shape index (κ3) is 20.8. The van der Waals surface area contributed by atoms with Gasteiger partial charge in [0.1, 0.15) is 49.0 Å². The summed E-state index contributed by atoms with van der Waals surface area (Å²) in [5, 5.41) is 11.4. The van der Waals surface area contributed by atoms with E-state index in [0.29, 0.717) is 11.5 Å². The Morgan fingerprint density at radius 2 is 1.08 bits per heavy atom. The van der Waals surface area contributed by atoms with Crippen molar-refractivity contribution in [1.29, 1.82) is 0 Å². The van der Waals surface area contributed by atoms with Gasteiger partial charge < -0.3 is 34.1 Å². The van der Waals surface area contributed by atoms with Crippen LogP contribution in [0.4, 0.5) is 4.79 Å². The van der Waals surface area contributed by atoms with Crippen molar-refractivity contribution >= 4 is 59.6 Å². The lowest BCUT2D eigenvalue weighted by Crippen LogP contribution is -2.54. The van der Waals surface area contributed by atoms with Gasteiger partial charge in [-0.05, 0) is 74.9 Å². The Morgan fingerprint density at radius 3 is 1.42 bits per heavy atom. The third-order valence-corrected chi connectivity index (χ3v) is 7.33. The average molecular weight is 759 g/mol. The highest BCUT2D eigenvalue weighted by atomic mass is 32.2. The Balaban J connectivity index is 0.000000850. The first-order chi connectivity index (χ1) is 24.6. The van der Waals surface area contributed by atoms with E-state index < -0.39 is 41.0 Å². The topological polar surface area (TPSA) is 193 Å². The van der Waals surface area contributed by atoms with Crippen LogP contribution in [0.3, 0.4) is 0 Å². The van der Waals surface area contributed by atoms with E-state index in [-0.39, 0.29) is 26.4 Å². The maximum Gasteiger partial charge on any atom is 0.413 e. The number of phenolic OH excluding ortho intramolecular Hbond substituents is 1. The van der Waals surface area contributed by atoms with Gasteiger partial charge in [0.2, 0.25) is 6.08 Å². The number of carbonyl (C=O) groups is 5. The number of isocyanates is 1. The normalized spacial score (nSPS) is 10.0. The second-order valence-corrected chi connectivity index (χ2v) is 12.2.